The highest BCUT2D eigenvalue weighted by molar-refractivity contribution is 5.94. The third-order valence-corrected chi connectivity index (χ3v) is 1.71. The van der Waals surface area contributed by atoms with Gasteiger partial charge >= 0.3 is 0 Å². The number of benzene rings is 1. The minimum Gasteiger partial charge on any atom is -0.497 e. The summed E-state index contributed by atoms with van der Waals surface area (Å²) >= 11 is 0. The van der Waals surface area contributed by atoms with E-state index in [9.17, 15) is 13.6 Å². The van der Waals surface area contributed by atoms with Gasteiger partial charge in [0.2, 0.25) is 0 Å². The highest BCUT2D eigenvalue weighted by Gasteiger charge is 2.04. The molecule has 1 aromatic carbocycles. The Morgan fingerprint density at radius 1 is 1.44 bits per heavy atom. The van der Waals surface area contributed by atoms with Crippen LogP contribution >= 0.6 is 0 Å². The third kappa shape index (κ3) is 3.64. The number of hydrazone groups is 1. The van der Waals surface area contributed by atoms with Gasteiger partial charge in [-0.15, -0.1) is 0 Å². The van der Waals surface area contributed by atoms with E-state index in [4.69, 9.17) is 4.74 Å². The number of halogens is 2. The van der Waals surface area contributed by atoms with Crippen molar-refractivity contribution in [3.63, 3.8) is 0 Å². The lowest BCUT2D eigenvalue weighted by molar-refractivity contribution is 0.0954. The summed E-state index contributed by atoms with van der Waals surface area (Å²) in [4.78, 5) is 11.3. The zero-order valence-corrected chi connectivity index (χ0v) is 8.48. The largest absolute Gasteiger partial charge is 0.497 e. The Morgan fingerprint density at radius 3 is 2.56 bits per heavy atom. The molecule has 6 heteroatoms. The molecule has 0 aliphatic heterocycles. The van der Waals surface area contributed by atoms with Crippen molar-refractivity contribution in [3.8, 4) is 5.75 Å². The number of nitrogens with one attached hydrogen (secondary N) is 1. The summed E-state index contributed by atoms with van der Waals surface area (Å²) in [6.45, 7) is 0. The molecule has 0 atom stereocenters. The first-order valence-corrected chi connectivity index (χ1v) is 4.39. The van der Waals surface area contributed by atoms with Gasteiger partial charge in [-0.25, -0.2) is 14.2 Å². The molecule has 0 aliphatic carbocycles. The number of carbonyl (C=O) groups excluding carboxylic acids is 1. The quantitative estimate of drug-likeness (QED) is 0.629. The van der Waals surface area contributed by atoms with Crippen molar-refractivity contribution >= 4 is 12.1 Å². The molecule has 0 heterocycles. The van der Waals surface area contributed by atoms with E-state index in [1.165, 1.54) is 19.2 Å². The Hall–Kier alpha value is -1.98. The van der Waals surface area contributed by atoms with Gasteiger partial charge < -0.3 is 4.74 Å². The average Bonchev–Trinajstić information content (AvgIpc) is 2.28. The first-order chi connectivity index (χ1) is 7.63. The second kappa shape index (κ2) is 5.79. The van der Waals surface area contributed by atoms with Crippen molar-refractivity contribution in [2.24, 2.45) is 5.10 Å². The lowest BCUT2D eigenvalue weighted by atomic mass is 10.2. The van der Waals surface area contributed by atoms with Crippen LogP contribution in [0.4, 0.5) is 8.78 Å². The molecule has 0 saturated carbocycles. The number of ether oxygens (including phenoxy) is 1. The summed E-state index contributed by atoms with van der Waals surface area (Å²) in [7, 11) is 1.50. The Morgan fingerprint density at radius 2 is 2.06 bits per heavy atom. The lowest BCUT2D eigenvalue weighted by Gasteiger charge is -2.01. The van der Waals surface area contributed by atoms with Crippen LogP contribution in [0.15, 0.2) is 29.4 Å². The molecule has 0 fully saturated rings. The number of alkyl halides is 2. The molecular formula is C10H10F2N2O2. The van der Waals surface area contributed by atoms with Crippen LogP contribution in [0, 0.1) is 0 Å². The lowest BCUT2D eigenvalue weighted by Crippen LogP contribution is -2.18. The molecule has 1 aromatic rings. The van der Waals surface area contributed by atoms with E-state index >= 15 is 0 Å². The molecule has 0 spiro atoms. The normalized spacial score (nSPS) is 10.8. The van der Waals surface area contributed by atoms with Gasteiger partial charge in [0, 0.05) is 5.56 Å². The predicted octanol–water partition coefficient (Wildman–Crippen LogP) is 1.68. The highest BCUT2D eigenvalue weighted by Crippen LogP contribution is 2.10. The molecule has 0 bridgehead atoms. The molecule has 0 unspecified atom stereocenters. The first-order valence-electron chi connectivity index (χ1n) is 4.39. The molecule has 0 radical (unpaired) electrons. The average molecular weight is 228 g/mol. The third-order valence-electron chi connectivity index (χ3n) is 1.71. The van der Waals surface area contributed by atoms with Crippen molar-refractivity contribution in [3.05, 3.63) is 29.8 Å². The van der Waals surface area contributed by atoms with E-state index in [1.807, 2.05) is 5.43 Å². The van der Waals surface area contributed by atoms with E-state index in [0.29, 0.717) is 17.5 Å². The van der Waals surface area contributed by atoms with Crippen LogP contribution in [0.3, 0.4) is 0 Å². The molecule has 1 rings (SSSR count). The fourth-order valence-corrected chi connectivity index (χ4v) is 0.959. The van der Waals surface area contributed by atoms with Crippen LogP contribution in [0.1, 0.15) is 10.4 Å². The molecule has 0 aromatic heterocycles. The zero-order chi connectivity index (χ0) is 12.0. The first kappa shape index (κ1) is 12.1. The number of hydrogen-bond acceptors (Lipinski definition) is 3. The fraction of sp³-hybridized carbons (Fsp3) is 0.200. The van der Waals surface area contributed by atoms with Crippen molar-refractivity contribution in [1.82, 2.24) is 5.43 Å². The summed E-state index contributed by atoms with van der Waals surface area (Å²) in [5.74, 6) is 0.0483. The topological polar surface area (TPSA) is 50.7 Å². The van der Waals surface area contributed by atoms with Crippen LogP contribution in [-0.2, 0) is 0 Å². The molecule has 0 saturated heterocycles. The van der Waals surface area contributed by atoms with Crippen molar-refractivity contribution < 1.29 is 18.3 Å². The molecular weight excluding hydrogens is 218 g/mol. The maximum Gasteiger partial charge on any atom is 0.275 e. The number of rotatable bonds is 4. The van der Waals surface area contributed by atoms with Crippen molar-refractivity contribution in [2.45, 2.75) is 6.43 Å². The fourth-order valence-electron chi connectivity index (χ4n) is 0.959. The Balaban J connectivity index is 2.59. The molecule has 0 aliphatic rings. The number of hydrogen-bond donors (Lipinski definition) is 1. The summed E-state index contributed by atoms with van der Waals surface area (Å²) in [5.41, 5.74) is 2.29. The number of carbonyl (C=O) groups is 1. The van der Waals surface area contributed by atoms with Crippen LogP contribution in [0.25, 0.3) is 0 Å². The van der Waals surface area contributed by atoms with Gasteiger partial charge in [-0.2, -0.15) is 5.10 Å². The monoisotopic (exact) mass is 228 g/mol. The Bertz CT molecular complexity index is 377. The van der Waals surface area contributed by atoms with Gasteiger partial charge in [-0.1, -0.05) is 0 Å². The van der Waals surface area contributed by atoms with Crippen LogP contribution in [0.2, 0.25) is 0 Å². The van der Waals surface area contributed by atoms with Crippen molar-refractivity contribution in [2.75, 3.05) is 7.11 Å². The smallest absolute Gasteiger partial charge is 0.275 e. The van der Waals surface area contributed by atoms with Gasteiger partial charge in [0.15, 0.2) is 0 Å². The van der Waals surface area contributed by atoms with E-state index in [-0.39, 0.29) is 0 Å². The highest BCUT2D eigenvalue weighted by atomic mass is 19.3. The second-order valence-corrected chi connectivity index (χ2v) is 2.78. The van der Waals surface area contributed by atoms with E-state index in [2.05, 4.69) is 5.10 Å². The Kier molecular flexibility index (Phi) is 4.38. The van der Waals surface area contributed by atoms with Gasteiger partial charge in [-0.05, 0) is 24.3 Å². The van der Waals surface area contributed by atoms with E-state index in [0.717, 1.165) is 0 Å². The molecule has 1 N–H and O–H groups in total. The van der Waals surface area contributed by atoms with Gasteiger partial charge in [0.05, 0.1) is 13.3 Å². The summed E-state index contributed by atoms with van der Waals surface area (Å²) in [6.07, 6.45) is -2.34. The minimum absolute atomic E-state index is 0.312. The van der Waals surface area contributed by atoms with Crippen LogP contribution in [-0.4, -0.2) is 25.7 Å². The second-order valence-electron chi connectivity index (χ2n) is 2.78. The SMILES string of the molecule is COc1ccc(C(=O)NN=CC(F)F)cc1. The standard InChI is InChI=1S/C10H10F2N2O2/c1-16-8-4-2-7(3-5-8)10(15)14-13-6-9(11)12/h2-6,9H,1H3,(H,14,15). The Labute approximate surface area is 90.9 Å². The van der Waals surface area contributed by atoms with Crippen molar-refractivity contribution in [1.29, 1.82) is 0 Å². The van der Waals surface area contributed by atoms with Gasteiger partial charge in [0.25, 0.3) is 12.3 Å². The number of amides is 1. The summed E-state index contributed by atoms with van der Waals surface area (Å²) < 4.78 is 28.2. The number of methoxy groups -OCH3 is 1. The minimum atomic E-state index is -2.68. The molecule has 4 nitrogen and oxygen atoms in total. The van der Waals surface area contributed by atoms with E-state index < -0.39 is 12.3 Å². The zero-order valence-electron chi connectivity index (χ0n) is 8.48. The summed E-state index contributed by atoms with van der Waals surface area (Å²) in [6, 6.07) is 6.19. The molecule has 1 amide bonds. The molecule has 86 valence electrons. The van der Waals surface area contributed by atoms with Gasteiger partial charge in [-0.3, -0.25) is 4.79 Å². The maximum absolute atomic E-state index is 11.7. The van der Waals surface area contributed by atoms with E-state index in [1.54, 1.807) is 12.1 Å². The number of nitrogens with zero attached hydrogens (tertiary/aromatic N) is 1. The predicted molar refractivity (Wildman–Crippen MR) is 55.0 cm³/mol. The van der Waals surface area contributed by atoms with Crippen LogP contribution < -0.4 is 10.2 Å². The molecule has 16 heavy (non-hydrogen) atoms. The maximum atomic E-state index is 11.7. The van der Waals surface area contributed by atoms with Gasteiger partial charge in [0.1, 0.15) is 5.75 Å². The van der Waals surface area contributed by atoms with Crippen LogP contribution in [0.5, 0.6) is 5.75 Å². The summed E-state index contributed by atoms with van der Waals surface area (Å²) in [5, 5.41) is 3.08.